The van der Waals surface area contributed by atoms with E-state index < -0.39 is 14.3 Å². The summed E-state index contributed by atoms with van der Waals surface area (Å²) >= 11 is 1.15. The van der Waals surface area contributed by atoms with Crippen LogP contribution in [0.3, 0.4) is 0 Å². The third-order valence-electron chi connectivity index (χ3n) is 9.31. The molecule has 1 amide bonds. The van der Waals surface area contributed by atoms with Gasteiger partial charge >= 0.3 is 5.97 Å². The number of carbonyl (C=O) groups is 2. The second kappa shape index (κ2) is 13.1. The van der Waals surface area contributed by atoms with Crippen molar-refractivity contribution in [2.24, 2.45) is 17.3 Å². The molecule has 0 atom stereocenters. The van der Waals surface area contributed by atoms with Crippen LogP contribution in [0.1, 0.15) is 114 Å². The number of rotatable bonds is 8. The van der Waals surface area contributed by atoms with Crippen molar-refractivity contribution in [2.75, 3.05) is 11.5 Å². The lowest BCUT2D eigenvalue weighted by Crippen LogP contribution is -2.49. The predicted octanol–water partition coefficient (Wildman–Crippen LogP) is 7.70. The van der Waals surface area contributed by atoms with E-state index >= 15 is 0 Å². The molecule has 2 saturated carbocycles. The van der Waals surface area contributed by atoms with Gasteiger partial charge in [-0.25, -0.2) is 4.79 Å². The summed E-state index contributed by atoms with van der Waals surface area (Å²) in [6.45, 7) is 17.6. The Kier molecular flexibility index (Phi) is 10.8. The van der Waals surface area contributed by atoms with Gasteiger partial charge in [-0.1, -0.05) is 39.5 Å². The molecule has 0 bridgehead atoms. The summed E-state index contributed by atoms with van der Waals surface area (Å²) in [5.41, 5.74) is 0.109. The monoisotopic (exact) mass is 589 g/mol. The largest absolute Gasteiger partial charge is 0.477 e. The standard InChI is InChI=1S/C32H51NO5SSi/c1-22-9-11-23(12-10-22)29(35)33(24-13-15-25(16-14-24)38-40(7,8)31(2,3)4)27-21-26(39-28(27)30(36)37)17-18-32(5,6)19-20-34/h21-25,34H,9-16,19-20H2,1-8H3,(H,36,37). The number of amides is 1. The molecule has 0 radical (unpaired) electrons. The van der Waals surface area contributed by atoms with Crippen molar-refractivity contribution >= 4 is 37.2 Å². The van der Waals surface area contributed by atoms with Crippen LogP contribution in [0.5, 0.6) is 0 Å². The van der Waals surface area contributed by atoms with Gasteiger partial charge in [0.1, 0.15) is 4.88 Å². The van der Waals surface area contributed by atoms with Crippen molar-refractivity contribution in [1.82, 2.24) is 0 Å². The van der Waals surface area contributed by atoms with Gasteiger partial charge in [0.2, 0.25) is 5.91 Å². The SMILES string of the molecule is CC1CCC(C(=O)N(c2cc(C#CC(C)(C)CCO)sc2C(=O)O)C2CCC(O[Si](C)(C)C(C)(C)C)CC2)CC1. The molecule has 8 heteroatoms. The van der Waals surface area contributed by atoms with Gasteiger partial charge in [0.15, 0.2) is 8.32 Å². The summed E-state index contributed by atoms with van der Waals surface area (Å²) in [6, 6.07) is 1.77. The number of carbonyl (C=O) groups excluding carboxylic acids is 1. The first-order valence-corrected chi connectivity index (χ1v) is 18.8. The summed E-state index contributed by atoms with van der Waals surface area (Å²) < 4.78 is 6.72. The fourth-order valence-corrected chi connectivity index (χ4v) is 7.83. The van der Waals surface area contributed by atoms with E-state index in [0.29, 0.717) is 22.9 Å². The van der Waals surface area contributed by atoms with Gasteiger partial charge in [-0.3, -0.25) is 4.79 Å². The summed E-state index contributed by atoms with van der Waals surface area (Å²) in [6.07, 6.45) is 7.84. The minimum absolute atomic E-state index is 0.0435. The first-order valence-electron chi connectivity index (χ1n) is 15.1. The minimum atomic E-state index is -1.90. The van der Waals surface area contributed by atoms with E-state index in [1.165, 1.54) is 0 Å². The number of hydrogen-bond donors (Lipinski definition) is 2. The van der Waals surface area contributed by atoms with Crippen LogP contribution in [0.4, 0.5) is 5.69 Å². The average Bonchev–Trinajstić information content (AvgIpc) is 3.28. The number of carboxylic acid groups (broad SMARTS) is 1. The topological polar surface area (TPSA) is 87.1 Å². The molecule has 0 unspecified atom stereocenters. The van der Waals surface area contributed by atoms with Crippen LogP contribution in [-0.2, 0) is 9.22 Å². The van der Waals surface area contributed by atoms with Crippen LogP contribution in [0.2, 0.25) is 18.1 Å². The second-order valence-corrected chi connectivity index (χ2v) is 20.0. The Labute approximate surface area is 247 Å². The Hall–Kier alpha value is -1.66. The molecule has 0 aromatic carbocycles. The number of anilines is 1. The van der Waals surface area contributed by atoms with Gasteiger partial charge in [-0.05, 0) is 102 Å². The fourth-order valence-electron chi connectivity index (χ4n) is 5.56. The number of thiophene rings is 1. The van der Waals surface area contributed by atoms with Crippen molar-refractivity contribution in [3.63, 3.8) is 0 Å². The molecule has 0 aliphatic heterocycles. The normalized spacial score (nSPS) is 24.2. The zero-order chi connectivity index (χ0) is 29.9. The van der Waals surface area contributed by atoms with Crippen molar-refractivity contribution < 1.29 is 24.2 Å². The van der Waals surface area contributed by atoms with E-state index in [4.69, 9.17) is 4.43 Å². The molecule has 1 aromatic rings. The number of aromatic carboxylic acids is 1. The Bertz CT molecular complexity index is 1090. The molecule has 224 valence electrons. The first-order chi connectivity index (χ1) is 18.5. The third-order valence-corrected chi connectivity index (χ3v) is 14.9. The van der Waals surface area contributed by atoms with E-state index in [1.807, 2.05) is 24.8 Å². The number of nitrogens with zero attached hydrogens (tertiary/aromatic N) is 1. The summed E-state index contributed by atoms with van der Waals surface area (Å²) in [5.74, 6) is 5.96. The van der Waals surface area contributed by atoms with Crippen LogP contribution in [-0.4, -0.2) is 49.2 Å². The molecule has 0 spiro atoms. The maximum atomic E-state index is 14.2. The highest BCUT2D eigenvalue weighted by molar-refractivity contribution is 7.15. The maximum Gasteiger partial charge on any atom is 0.348 e. The molecular weight excluding hydrogens is 539 g/mol. The minimum Gasteiger partial charge on any atom is -0.477 e. The number of aliphatic hydroxyl groups excluding tert-OH is 1. The van der Waals surface area contributed by atoms with Gasteiger partial charge in [0, 0.05) is 30.1 Å². The average molecular weight is 590 g/mol. The maximum absolute atomic E-state index is 14.2. The van der Waals surface area contributed by atoms with E-state index in [-0.39, 0.29) is 45.9 Å². The van der Waals surface area contributed by atoms with E-state index in [2.05, 4.69) is 52.6 Å². The molecule has 2 fully saturated rings. The van der Waals surface area contributed by atoms with E-state index in [1.54, 1.807) is 0 Å². The van der Waals surface area contributed by atoms with Crippen LogP contribution >= 0.6 is 11.3 Å². The predicted molar refractivity (Wildman–Crippen MR) is 167 cm³/mol. The van der Waals surface area contributed by atoms with Crippen molar-refractivity contribution in [2.45, 2.75) is 130 Å². The Balaban J connectivity index is 1.93. The lowest BCUT2D eigenvalue weighted by Gasteiger charge is -2.43. The van der Waals surface area contributed by atoms with Crippen LogP contribution in [0.15, 0.2) is 6.07 Å². The molecular formula is C32H51NO5SSi. The quantitative estimate of drug-likeness (QED) is 0.240. The van der Waals surface area contributed by atoms with Crippen LogP contribution < -0.4 is 4.90 Å². The zero-order valence-corrected chi connectivity index (χ0v) is 27.7. The molecule has 40 heavy (non-hydrogen) atoms. The number of aliphatic hydroxyl groups is 1. The smallest absolute Gasteiger partial charge is 0.348 e. The highest BCUT2D eigenvalue weighted by Gasteiger charge is 2.42. The van der Waals surface area contributed by atoms with E-state index in [9.17, 15) is 19.8 Å². The fraction of sp³-hybridized carbons (Fsp3) is 0.750. The van der Waals surface area contributed by atoms with E-state index in [0.717, 1.165) is 62.7 Å². The van der Waals surface area contributed by atoms with Gasteiger partial charge < -0.3 is 19.5 Å². The highest BCUT2D eigenvalue weighted by Crippen LogP contribution is 2.42. The first kappa shape index (κ1) is 32.8. The Morgan fingerprint density at radius 1 is 1.05 bits per heavy atom. The summed E-state index contributed by atoms with van der Waals surface area (Å²) in [4.78, 5) is 29.3. The van der Waals surface area contributed by atoms with Crippen LogP contribution in [0, 0.1) is 29.1 Å². The molecule has 0 saturated heterocycles. The highest BCUT2D eigenvalue weighted by atomic mass is 32.1. The lowest BCUT2D eigenvalue weighted by atomic mass is 9.81. The molecule has 1 aromatic heterocycles. The molecule has 2 aliphatic rings. The Morgan fingerprint density at radius 3 is 2.17 bits per heavy atom. The molecule has 6 nitrogen and oxygen atoms in total. The second-order valence-electron chi connectivity index (χ2n) is 14.2. The molecule has 2 N–H and O–H groups in total. The summed E-state index contributed by atoms with van der Waals surface area (Å²) in [5, 5.41) is 19.7. The third kappa shape index (κ3) is 8.21. The van der Waals surface area contributed by atoms with Gasteiger partial charge in [-0.2, -0.15) is 0 Å². The van der Waals surface area contributed by atoms with Gasteiger partial charge in [0.25, 0.3) is 0 Å². The Morgan fingerprint density at radius 2 is 1.65 bits per heavy atom. The zero-order valence-electron chi connectivity index (χ0n) is 25.9. The number of carboxylic acids is 1. The van der Waals surface area contributed by atoms with Crippen molar-refractivity contribution in [3.05, 3.63) is 15.8 Å². The van der Waals surface area contributed by atoms with Crippen molar-refractivity contribution in [3.8, 4) is 11.8 Å². The molecule has 3 rings (SSSR count). The summed E-state index contributed by atoms with van der Waals surface area (Å²) in [7, 11) is -1.90. The molecule has 2 aliphatic carbocycles. The van der Waals surface area contributed by atoms with Gasteiger partial charge in [-0.15, -0.1) is 11.3 Å². The van der Waals surface area contributed by atoms with Crippen LogP contribution in [0.25, 0.3) is 0 Å². The lowest BCUT2D eigenvalue weighted by molar-refractivity contribution is -0.124. The van der Waals surface area contributed by atoms with Gasteiger partial charge in [0.05, 0.1) is 10.6 Å². The molecule has 1 heterocycles. The van der Waals surface area contributed by atoms with Crippen molar-refractivity contribution in [1.29, 1.82) is 0 Å². The number of hydrogen-bond acceptors (Lipinski definition) is 5.